The van der Waals surface area contributed by atoms with Gasteiger partial charge >= 0.3 is 0 Å². The minimum Gasteiger partial charge on any atom is -0.371 e. The number of nitrogens with one attached hydrogen (secondary N) is 1. The highest BCUT2D eigenvalue weighted by atomic mass is 35.5. The van der Waals surface area contributed by atoms with E-state index in [0.717, 1.165) is 5.92 Å². The van der Waals surface area contributed by atoms with E-state index in [1.54, 1.807) is 5.56 Å². The topological polar surface area (TPSA) is 15.3 Å². The Labute approximate surface area is 123 Å². The minimum absolute atomic E-state index is 0. The van der Waals surface area contributed by atoms with E-state index in [1.165, 1.54) is 64.0 Å². The van der Waals surface area contributed by atoms with Crippen molar-refractivity contribution < 1.29 is 0 Å². The van der Waals surface area contributed by atoms with Gasteiger partial charge in [0.15, 0.2) is 0 Å². The quantitative estimate of drug-likeness (QED) is 0.895. The maximum Gasteiger partial charge on any atom is 0.0398 e. The molecule has 1 aromatic carbocycles. The van der Waals surface area contributed by atoms with Crippen LogP contribution < -0.4 is 10.2 Å². The average Bonchev–Trinajstić information content (AvgIpc) is 2.63. The zero-order chi connectivity index (χ0) is 12.2. The lowest BCUT2D eigenvalue weighted by molar-refractivity contribution is 0.373. The largest absolute Gasteiger partial charge is 0.371 e. The summed E-state index contributed by atoms with van der Waals surface area (Å²) in [7, 11) is 0. The number of rotatable bonds is 2. The smallest absolute Gasteiger partial charge is 0.0398 e. The summed E-state index contributed by atoms with van der Waals surface area (Å²) >= 11 is 0. The first-order chi connectivity index (χ1) is 8.93. The Hall–Kier alpha value is -0.730. The number of piperidine rings is 1. The molecule has 3 heteroatoms. The third-order valence-corrected chi connectivity index (χ3v) is 4.39. The molecule has 0 radical (unpaired) electrons. The highest BCUT2D eigenvalue weighted by Crippen LogP contribution is 2.28. The van der Waals surface area contributed by atoms with Gasteiger partial charge < -0.3 is 10.2 Å². The molecule has 2 aliphatic rings. The van der Waals surface area contributed by atoms with E-state index in [9.17, 15) is 0 Å². The number of anilines is 1. The Morgan fingerprint density at radius 1 is 1.11 bits per heavy atom. The lowest BCUT2D eigenvalue weighted by Gasteiger charge is -2.31. The molecule has 2 nitrogen and oxygen atoms in total. The zero-order valence-corrected chi connectivity index (χ0v) is 12.4. The van der Waals surface area contributed by atoms with E-state index in [2.05, 4.69) is 34.5 Å². The summed E-state index contributed by atoms with van der Waals surface area (Å²) in [6, 6.07) is 9.02. The van der Waals surface area contributed by atoms with E-state index >= 15 is 0 Å². The van der Waals surface area contributed by atoms with Crippen LogP contribution in [0.25, 0.3) is 0 Å². The van der Waals surface area contributed by atoms with Gasteiger partial charge in [0.1, 0.15) is 0 Å². The van der Waals surface area contributed by atoms with E-state index in [4.69, 9.17) is 0 Å². The number of hydrogen-bond acceptors (Lipinski definition) is 2. The number of fused-ring (bicyclic) bond motifs is 1. The van der Waals surface area contributed by atoms with Crippen LogP contribution in [0.1, 0.15) is 31.2 Å². The molecular weight excluding hydrogens is 256 g/mol. The summed E-state index contributed by atoms with van der Waals surface area (Å²) in [4.78, 5) is 2.65. The average molecular weight is 281 g/mol. The fourth-order valence-corrected chi connectivity index (χ4v) is 3.33. The van der Waals surface area contributed by atoms with Crippen molar-refractivity contribution in [2.75, 3.05) is 31.1 Å². The van der Waals surface area contributed by atoms with E-state index in [0.29, 0.717) is 0 Å². The van der Waals surface area contributed by atoms with Gasteiger partial charge in [-0.1, -0.05) is 18.2 Å². The van der Waals surface area contributed by atoms with Crippen LogP contribution in [0.4, 0.5) is 5.69 Å². The van der Waals surface area contributed by atoms with Crippen molar-refractivity contribution in [3.63, 3.8) is 0 Å². The van der Waals surface area contributed by atoms with Crippen molar-refractivity contribution in [2.45, 2.75) is 32.1 Å². The Morgan fingerprint density at radius 3 is 2.74 bits per heavy atom. The van der Waals surface area contributed by atoms with Crippen molar-refractivity contribution in [1.82, 2.24) is 5.32 Å². The third kappa shape index (κ3) is 3.64. The summed E-state index contributed by atoms with van der Waals surface area (Å²) in [6.07, 6.45) is 6.65. The summed E-state index contributed by atoms with van der Waals surface area (Å²) in [6.45, 7) is 4.93. The first kappa shape index (κ1) is 14.7. The van der Waals surface area contributed by atoms with Crippen molar-refractivity contribution >= 4 is 18.1 Å². The third-order valence-electron chi connectivity index (χ3n) is 4.39. The van der Waals surface area contributed by atoms with Crippen LogP contribution in [0.5, 0.6) is 0 Å². The Morgan fingerprint density at radius 2 is 1.89 bits per heavy atom. The van der Waals surface area contributed by atoms with Gasteiger partial charge in [-0.15, -0.1) is 12.4 Å². The molecule has 2 heterocycles. The number of halogens is 1. The van der Waals surface area contributed by atoms with Gasteiger partial charge in [0.25, 0.3) is 0 Å². The van der Waals surface area contributed by atoms with Gasteiger partial charge in [0.2, 0.25) is 0 Å². The Kier molecular flexibility index (Phi) is 5.53. The molecule has 106 valence electrons. The molecule has 0 unspecified atom stereocenters. The lowest BCUT2D eigenvalue weighted by Crippen LogP contribution is -2.36. The van der Waals surface area contributed by atoms with Crippen molar-refractivity contribution in [1.29, 1.82) is 0 Å². The van der Waals surface area contributed by atoms with Crippen LogP contribution in [0.2, 0.25) is 0 Å². The first-order valence-corrected chi connectivity index (χ1v) is 7.47. The van der Waals surface area contributed by atoms with E-state index in [1.807, 2.05) is 0 Å². The van der Waals surface area contributed by atoms with Crippen molar-refractivity contribution in [2.24, 2.45) is 5.92 Å². The number of hydrogen-bond donors (Lipinski definition) is 1. The van der Waals surface area contributed by atoms with Crippen molar-refractivity contribution in [3.8, 4) is 0 Å². The van der Waals surface area contributed by atoms with Gasteiger partial charge in [-0.2, -0.15) is 0 Å². The molecule has 0 aromatic heterocycles. The zero-order valence-electron chi connectivity index (χ0n) is 11.6. The fraction of sp³-hybridized carbons (Fsp3) is 0.625. The van der Waals surface area contributed by atoms with Crippen LogP contribution in [0.15, 0.2) is 24.3 Å². The monoisotopic (exact) mass is 280 g/mol. The predicted molar refractivity (Wildman–Crippen MR) is 84.4 cm³/mol. The molecular formula is C16H25ClN2. The predicted octanol–water partition coefficient (Wildman–Crippen LogP) is 3.25. The molecule has 19 heavy (non-hydrogen) atoms. The molecule has 0 spiro atoms. The van der Waals surface area contributed by atoms with Crippen LogP contribution in [-0.4, -0.2) is 26.2 Å². The molecule has 0 aliphatic carbocycles. The summed E-state index contributed by atoms with van der Waals surface area (Å²) in [5, 5.41) is 3.46. The highest BCUT2D eigenvalue weighted by molar-refractivity contribution is 5.85. The second-order valence-electron chi connectivity index (χ2n) is 5.73. The number of benzene rings is 1. The molecule has 1 N–H and O–H groups in total. The number of aryl methyl sites for hydroxylation is 1. The van der Waals surface area contributed by atoms with Crippen LogP contribution in [0.3, 0.4) is 0 Å². The van der Waals surface area contributed by atoms with Gasteiger partial charge in [0, 0.05) is 18.8 Å². The second-order valence-corrected chi connectivity index (χ2v) is 5.73. The minimum atomic E-state index is 0. The first-order valence-electron chi connectivity index (χ1n) is 7.47. The van der Waals surface area contributed by atoms with Gasteiger partial charge in [0.05, 0.1) is 0 Å². The van der Waals surface area contributed by atoms with Gasteiger partial charge in [-0.25, -0.2) is 0 Å². The molecule has 1 aromatic rings. The molecule has 2 aliphatic heterocycles. The fourth-order valence-electron chi connectivity index (χ4n) is 3.33. The molecule has 0 bridgehead atoms. The normalized spacial score (nSPS) is 20.3. The molecule has 0 atom stereocenters. The van der Waals surface area contributed by atoms with Crippen molar-refractivity contribution in [3.05, 3.63) is 29.8 Å². The molecule has 1 fully saturated rings. The Bertz CT molecular complexity index is 388. The molecule has 3 rings (SSSR count). The van der Waals surface area contributed by atoms with Crippen LogP contribution in [-0.2, 0) is 6.42 Å². The summed E-state index contributed by atoms with van der Waals surface area (Å²) in [5.74, 6) is 0.886. The van der Waals surface area contributed by atoms with Crippen LogP contribution >= 0.6 is 12.4 Å². The molecule has 0 saturated carbocycles. The highest BCUT2D eigenvalue weighted by Gasteiger charge is 2.20. The van der Waals surface area contributed by atoms with Crippen LogP contribution in [0, 0.1) is 5.92 Å². The summed E-state index contributed by atoms with van der Waals surface area (Å²) in [5.41, 5.74) is 3.07. The maximum atomic E-state index is 3.46. The number of nitrogens with zero attached hydrogens (tertiary/aromatic N) is 1. The van der Waals surface area contributed by atoms with E-state index in [-0.39, 0.29) is 12.4 Å². The Balaban J connectivity index is 0.00000133. The SMILES string of the molecule is Cl.c1ccc2c(c1)CCCCN2CC1CCNCC1. The summed E-state index contributed by atoms with van der Waals surface area (Å²) < 4.78 is 0. The second kappa shape index (κ2) is 7.16. The molecule has 0 amide bonds. The molecule has 1 saturated heterocycles. The number of para-hydroxylation sites is 1. The van der Waals surface area contributed by atoms with E-state index < -0.39 is 0 Å². The van der Waals surface area contributed by atoms with Gasteiger partial charge in [-0.3, -0.25) is 0 Å². The van der Waals surface area contributed by atoms with Gasteiger partial charge in [-0.05, 0) is 62.7 Å². The standard InChI is InChI=1S/C16H24N2.ClH/c1-2-7-16-15(5-1)6-3-4-12-18(16)13-14-8-10-17-11-9-14;/h1-2,5,7,14,17H,3-4,6,8-13H2;1H. The maximum absolute atomic E-state index is 3.46. The lowest BCUT2D eigenvalue weighted by atomic mass is 9.97.